The van der Waals surface area contributed by atoms with E-state index in [1.807, 2.05) is 0 Å². The molecule has 0 bridgehead atoms. The zero-order chi connectivity index (χ0) is 7.90. The second-order valence-corrected chi connectivity index (χ2v) is 5.20. The van der Waals surface area contributed by atoms with E-state index in [1.165, 1.54) is 25.7 Å². The number of fused-ring (bicyclic) bond motifs is 1. The van der Waals surface area contributed by atoms with Gasteiger partial charge in [-0.15, -0.1) is 0 Å². The first-order chi connectivity index (χ1) is 5.21. The zero-order valence-electron chi connectivity index (χ0n) is 6.84. The van der Waals surface area contributed by atoms with Gasteiger partial charge in [-0.2, -0.15) is 0 Å². The molecule has 2 rings (SSSR count). The number of hydrogen-bond acceptors (Lipinski definition) is 3. The van der Waals surface area contributed by atoms with Gasteiger partial charge in [0.1, 0.15) is 0 Å². The van der Waals surface area contributed by atoms with Crippen LogP contribution in [0.25, 0.3) is 0 Å². The van der Waals surface area contributed by atoms with E-state index in [1.54, 1.807) is 11.8 Å². The molecule has 1 fully saturated rings. The van der Waals surface area contributed by atoms with Crippen LogP contribution in [0.1, 0.15) is 32.6 Å². The third-order valence-corrected chi connectivity index (χ3v) is 3.98. The number of aliphatic imine (C=N–C) groups is 1. The first kappa shape index (κ1) is 7.47. The minimum Gasteiger partial charge on any atom is -0.379 e. The molecule has 62 valence electrons. The van der Waals surface area contributed by atoms with Crippen molar-refractivity contribution < 1.29 is 0 Å². The van der Waals surface area contributed by atoms with E-state index in [9.17, 15) is 0 Å². The maximum atomic E-state index is 5.69. The summed E-state index contributed by atoms with van der Waals surface area (Å²) in [7, 11) is 0. The van der Waals surface area contributed by atoms with Crippen molar-refractivity contribution in [3.05, 3.63) is 0 Å². The molecule has 0 saturated heterocycles. The second kappa shape index (κ2) is 2.41. The van der Waals surface area contributed by atoms with Gasteiger partial charge >= 0.3 is 0 Å². The molecule has 2 unspecified atom stereocenters. The van der Waals surface area contributed by atoms with Crippen LogP contribution >= 0.6 is 11.8 Å². The maximum absolute atomic E-state index is 5.69. The highest BCUT2D eigenvalue weighted by atomic mass is 32.2. The minimum absolute atomic E-state index is 0.350. The molecule has 1 aliphatic carbocycles. The molecular weight excluding hydrogens is 156 g/mol. The van der Waals surface area contributed by atoms with E-state index in [-0.39, 0.29) is 0 Å². The average molecular weight is 170 g/mol. The lowest BCUT2D eigenvalue weighted by Gasteiger charge is -2.32. The van der Waals surface area contributed by atoms with E-state index in [2.05, 4.69) is 11.9 Å². The van der Waals surface area contributed by atoms with Crippen LogP contribution < -0.4 is 5.73 Å². The molecule has 1 saturated carbocycles. The van der Waals surface area contributed by atoms with Crippen LogP contribution in [-0.4, -0.2) is 16.0 Å². The van der Waals surface area contributed by atoms with Gasteiger partial charge in [0, 0.05) is 4.75 Å². The lowest BCUT2D eigenvalue weighted by Crippen LogP contribution is -2.34. The predicted molar refractivity (Wildman–Crippen MR) is 49.9 cm³/mol. The number of hydrogen-bond donors (Lipinski definition) is 1. The van der Waals surface area contributed by atoms with Gasteiger partial charge in [0.25, 0.3) is 0 Å². The average Bonchev–Trinajstić information content (AvgIpc) is 2.22. The Hall–Kier alpha value is -0.180. The SMILES string of the molecule is CC12CCCCC1N=C(N)S2. The van der Waals surface area contributed by atoms with Crippen molar-refractivity contribution >= 4 is 16.9 Å². The van der Waals surface area contributed by atoms with Gasteiger partial charge in [0.2, 0.25) is 0 Å². The highest BCUT2D eigenvalue weighted by Gasteiger charge is 2.42. The molecule has 2 N–H and O–H groups in total. The molecule has 0 aromatic rings. The normalized spacial score (nSPS) is 43.4. The number of nitrogens with two attached hydrogens (primary N) is 1. The number of rotatable bonds is 0. The van der Waals surface area contributed by atoms with Crippen molar-refractivity contribution in [3.8, 4) is 0 Å². The van der Waals surface area contributed by atoms with Gasteiger partial charge in [0.05, 0.1) is 6.04 Å². The van der Waals surface area contributed by atoms with Gasteiger partial charge < -0.3 is 5.73 Å². The van der Waals surface area contributed by atoms with Gasteiger partial charge in [-0.1, -0.05) is 24.6 Å². The number of amidine groups is 1. The fourth-order valence-corrected chi connectivity index (χ4v) is 3.24. The molecule has 0 spiro atoms. The number of nitrogens with zero attached hydrogens (tertiary/aromatic N) is 1. The zero-order valence-corrected chi connectivity index (χ0v) is 7.66. The lowest BCUT2D eigenvalue weighted by molar-refractivity contribution is 0.375. The minimum atomic E-state index is 0.350. The Balaban J connectivity index is 2.18. The van der Waals surface area contributed by atoms with E-state index in [4.69, 9.17) is 5.73 Å². The summed E-state index contributed by atoms with van der Waals surface area (Å²) in [5.74, 6) is 0. The quantitative estimate of drug-likeness (QED) is 0.601. The van der Waals surface area contributed by atoms with Crippen molar-refractivity contribution in [2.24, 2.45) is 10.7 Å². The molecule has 2 atom stereocenters. The first-order valence-electron chi connectivity index (χ1n) is 4.23. The van der Waals surface area contributed by atoms with Gasteiger partial charge in [-0.05, 0) is 19.8 Å². The molecular formula is C8H14N2S. The van der Waals surface area contributed by atoms with Crippen molar-refractivity contribution in [1.82, 2.24) is 0 Å². The Bertz CT molecular complexity index is 202. The monoisotopic (exact) mass is 170 g/mol. The van der Waals surface area contributed by atoms with Crippen molar-refractivity contribution in [1.29, 1.82) is 0 Å². The Kier molecular flexibility index (Phi) is 1.63. The standard InChI is InChI=1S/C8H14N2S/c1-8-5-3-2-4-6(8)10-7(9)11-8/h6H,2-5H2,1H3,(H2,9,10). The molecule has 0 amide bonds. The summed E-state index contributed by atoms with van der Waals surface area (Å²) in [5, 5.41) is 0.805. The molecule has 11 heavy (non-hydrogen) atoms. The summed E-state index contributed by atoms with van der Waals surface area (Å²) in [4.78, 5) is 4.44. The molecule has 1 aliphatic heterocycles. The van der Waals surface area contributed by atoms with Crippen LogP contribution in [0.2, 0.25) is 0 Å². The first-order valence-corrected chi connectivity index (χ1v) is 5.05. The molecule has 2 nitrogen and oxygen atoms in total. The molecule has 0 aromatic heterocycles. The number of thioether (sulfide) groups is 1. The van der Waals surface area contributed by atoms with Crippen molar-refractivity contribution in [2.75, 3.05) is 0 Å². The topological polar surface area (TPSA) is 38.4 Å². The summed E-state index contributed by atoms with van der Waals surface area (Å²) in [6.45, 7) is 2.30. The largest absolute Gasteiger partial charge is 0.379 e. The molecule has 3 heteroatoms. The molecule has 1 heterocycles. The summed E-state index contributed by atoms with van der Waals surface area (Å²) in [5.41, 5.74) is 5.69. The van der Waals surface area contributed by atoms with Crippen LogP contribution in [0.5, 0.6) is 0 Å². The van der Waals surface area contributed by atoms with Crippen LogP contribution in [0.4, 0.5) is 0 Å². The van der Waals surface area contributed by atoms with Crippen molar-refractivity contribution in [3.63, 3.8) is 0 Å². The van der Waals surface area contributed by atoms with Gasteiger partial charge in [0.15, 0.2) is 5.17 Å². The van der Waals surface area contributed by atoms with Crippen molar-refractivity contribution in [2.45, 2.75) is 43.4 Å². The van der Waals surface area contributed by atoms with E-state index < -0.39 is 0 Å². The van der Waals surface area contributed by atoms with Crippen LogP contribution in [0.15, 0.2) is 4.99 Å². The fourth-order valence-electron chi connectivity index (χ4n) is 2.02. The summed E-state index contributed by atoms with van der Waals surface area (Å²) in [6, 6.07) is 0.515. The van der Waals surface area contributed by atoms with E-state index in [0.717, 1.165) is 5.17 Å². The Morgan fingerprint density at radius 1 is 1.64 bits per heavy atom. The highest BCUT2D eigenvalue weighted by molar-refractivity contribution is 8.15. The second-order valence-electron chi connectivity index (χ2n) is 3.64. The van der Waals surface area contributed by atoms with E-state index in [0.29, 0.717) is 10.8 Å². The molecule has 2 aliphatic rings. The Labute approximate surface area is 71.6 Å². The fraction of sp³-hybridized carbons (Fsp3) is 0.875. The lowest BCUT2D eigenvalue weighted by atomic mass is 9.85. The smallest absolute Gasteiger partial charge is 0.154 e. The van der Waals surface area contributed by atoms with E-state index >= 15 is 0 Å². The van der Waals surface area contributed by atoms with Gasteiger partial charge in [-0.3, -0.25) is 4.99 Å². The summed E-state index contributed by atoms with van der Waals surface area (Å²) < 4.78 is 0.350. The Morgan fingerprint density at radius 2 is 2.45 bits per heavy atom. The third kappa shape index (κ3) is 1.15. The van der Waals surface area contributed by atoms with Gasteiger partial charge in [-0.25, -0.2) is 0 Å². The summed E-state index contributed by atoms with van der Waals surface area (Å²) in [6.07, 6.45) is 5.21. The highest BCUT2D eigenvalue weighted by Crippen LogP contribution is 2.45. The summed E-state index contributed by atoms with van der Waals surface area (Å²) >= 11 is 1.78. The Morgan fingerprint density at radius 3 is 3.18 bits per heavy atom. The third-order valence-electron chi connectivity index (χ3n) is 2.73. The predicted octanol–water partition coefficient (Wildman–Crippen LogP) is 1.75. The molecule has 0 aromatic carbocycles. The molecule has 0 radical (unpaired) electrons. The van der Waals surface area contributed by atoms with Crippen LogP contribution in [0, 0.1) is 0 Å². The van der Waals surface area contributed by atoms with Crippen LogP contribution in [-0.2, 0) is 0 Å². The van der Waals surface area contributed by atoms with Crippen LogP contribution in [0.3, 0.4) is 0 Å². The maximum Gasteiger partial charge on any atom is 0.154 e.